The summed E-state index contributed by atoms with van der Waals surface area (Å²) in [6, 6.07) is -5.76. The molecule has 0 radical (unpaired) electrons. The lowest BCUT2D eigenvalue weighted by atomic mass is 9.83. The van der Waals surface area contributed by atoms with Gasteiger partial charge in [0, 0.05) is 81.3 Å². The number of aliphatic imine (C=N–C) groups is 3. The van der Waals surface area contributed by atoms with Gasteiger partial charge < -0.3 is 76.7 Å². The number of guanidine groups is 3. The molecule has 0 heterocycles. The molecule has 0 aliphatic heterocycles. The molecule has 0 saturated heterocycles. The third kappa shape index (κ3) is 31.2. The number of carbonyl (C=O) groups is 11. The number of aliphatic hydroxyl groups excluding tert-OH is 1. The van der Waals surface area contributed by atoms with Gasteiger partial charge in [-0.3, -0.25) is 67.7 Å². The molecule has 0 rings (SSSR count). The van der Waals surface area contributed by atoms with Gasteiger partial charge in [0.05, 0.1) is 31.2 Å². The molecule has 79 heavy (non-hydrogen) atoms. The Morgan fingerprint density at radius 1 is 0.468 bits per heavy atom. The summed E-state index contributed by atoms with van der Waals surface area (Å²) < 4.78 is 0. The van der Waals surface area contributed by atoms with Crippen molar-refractivity contribution >= 4 is 82.4 Å². The molecule has 21 N–H and O–H groups in total. The average Bonchev–Trinajstić information content (AvgIpc) is 3.37. The summed E-state index contributed by atoms with van der Waals surface area (Å²) in [5, 5.41) is 39.5. The van der Waals surface area contributed by atoms with Crippen LogP contribution in [0.1, 0.15) is 144 Å². The Labute approximate surface area is 461 Å². The average molecular weight is 1120 g/mol. The van der Waals surface area contributed by atoms with Crippen molar-refractivity contribution in [1.82, 2.24) is 21.3 Å². The fraction of sp³-hybridized carbons (Fsp3) is 0.725. The number of unbranched alkanes of at least 4 members (excludes halogenated alkanes) is 1. The maximum absolute atomic E-state index is 14.4. The maximum atomic E-state index is 14.4. The molecule has 0 aromatic heterocycles. The number of rotatable bonds is 45. The number of aliphatic carboxylic acids is 2. The number of carboxylic acids is 2. The van der Waals surface area contributed by atoms with E-state index in [0.717, 1.165) is 0 Å². The highest BCUT2D eigenvalue weighted by Crippen LogP contribution is 2.23. The number of carbonyl (C=O) groups excluding carboxylic acids is 9. The van der Waals surface area contributed by atoms with Gasteiger partial charge >= 0.3 is 11.9 Å². The molecule has 0 fully saturated rings. The van der Waals surface area contributed by atoms with Crippen molar-refractivity contribution in [3.63, 3.8) is 0 Å². The van der Waals surface area contributed by atoms with E-state index in [0.29, 0.717) is 32.1 Å². The third-order valence-electron chi connectivity index (χ3n) is 13.4. The van der Waals surface area contributed by atoms with Crippen LogP contribution in [0.15, 0.2) is 15.0 Å². The number of amides is 4. The molecule has 28 heteroatoms. The number of Topliss-reactive ketones (excluding diaryl/α,β-unsaturated/α-hetero) is 5. The van der Waals surface area contributed by atoms with Crippen LogP contribution in [-0.4, -0.2) is 155 Å². The van der Waals surface area contributed by atoms with Crippen molar-refractivity contribution in [3.05, 3.63) is 0 Å². The molecule has 10 atom stereocenters. The van der Waals surface area contributed by atoms with Gasteiger partial charge in [-0.1, -0.05) is 40.5 Å². The van der Waals surface area contributed by atoms with E-state index in [1.54, 1.807) is 13.8 Å². The standard InChI is InChI=1S/C51H90N14O14/c1-6-28(2)34(31(5)67)25-42(71)37(26-44(74)75)64-46(77)30(4)22-39(68)38(27-66)65-48(79)33(14-10-20-60-50(55)56)24-40(69)35(15-11-21-61-51(57)58)63-47(78)32(13-7-8-18-52)23-41(70)36(16-17-43(72)73)62-45(76)29(3)12-9-19-59-49(53)54/h28-30,32-38,66H,6-27,52H2,1-5H3,(H,62,76)(H,63,78)(H,64,77)(H,65,79)(H,72,73)(H,74,75)(H4,53,54,59)(H4,55,56,60)(H4,57,58,61)/t28-,29-,30+,32+,33+,34-,35-,36-,37-,38-/m0/s1. The van der Waals surface area contributed by atoms with E-state index >= 15 is 0 Å². The number of hydrogen-bond donors (Lipinski definition) is 14. The molecule has 0 aliphatic carbocycles. The predicted octanol–water partition coefficient (Wildman–Crippen LogP) is -1.86. The summed E-state index contributed by atoms with van der Waals surface area (Å²) >= 11 is 0. The van der Waals surface area contributed by atoms with Gasteiger partial charge in [-0.25, -0.2) is 0 Å². The number of ketones is 5. The monoisotopic (exact) mass is 1120 g/mol. The third-order valence-corrected chi connectivity index (χ3v) is 13.4. The largest absolute Gasteiger partial charge is 0.481 e. The fourth-order valence-corrected chi connectivity index (χ4v) is 8.42. The molecule has 0 saturated carbocycles. The zero-order valence-electron chi connectivity index (χ0n) is 46.5. The quantitative estimate of drug-likeness (QED) is 0.0181. The van der Waals surface area contributed by atoms with Crippen molar-refractivity contribution in [1.29, 1.82) is 0 Å². The van der Waals surface area contributed by atoms with Crippen LogP contribution in [0.4, 0.5) is 0 Å². The van der Waals surface area contributed by atoms with Gasteiger partial charge in [0.15, 0.2) is 41.0 Å². The lowest BCUT2D eigenvalue weighted by molar-refractivity contribution is -0.141. The van der Waals surface area contributed by atoms with Crippen LogP contribution < -0.4 is 61.4 Å². The minimum Gasteiger partial charge on any atom is -0.481 e. The molecule has 0 aromatic rings. The lowest BCUT2D eigenvalue weighted by Gasteiger charge is -2.26. The Balaban J connectivity index is 6.76. The van der Waals surface area contributed by atoms with E-state index in [1.807, 2.05) is 6.92 Å². The minimum atomic E-state index is -1.62. The Bertz CT molecular complexity index is 2130. The van der Waals surface area contributed by atoms with Gasteiger partial charge in [-0.2, -0.15) is 0 Å². The van der Waals surface area contributed by atoms with E-state index in [4.69, 9.17) is 40.1 Å². The van der Waals surface area contributed by atoms with Crippen molar-refractivity contribution < 1.29 is 68.1 Å². The van der Waals surface area contributed by atoms with Crippen LogP contribution in [0.3, 0.4) is 0 Å². The van der Waals surface area contributed by atoms with Crippen LogP contribution in [0.25, 0.3) is 0 Å². The minimum absolute atomic E-state index is 0.0111. The maximum Gasteiger partial charge on any atom is 0.305 e. The highest BCUT2D eigenvalue weighted by atomic mass is 16.4. The van der Waals surface area contributed by atoms with Gasteiger partial charge in [0.25, 0.3) is 0 Å². The Hall–Kier alpha value is -7.10. The number of carboxylic acid groups (broad SMARTS) is 2. The molecule has 4 amide bonds. The summed E-state index contributed by atoms with van der Waals surface area (Å²) in [4.78, 5) is 158. The smallest absolute Gasteiger partial charge is 0.305 e. The summed E-state index contributed by atoms with van der Waals surface area (Å²) in [7, 11) is 0. The Morgan fingerprint density at radius 3 is 1.34 bits per heavy atom. The molecule has 28 nitrogen and oxygen atoms in total. The van der Waals surface area contributed by atoms with Crippen molar-refractivity contribution in [2.75, 3.05) is 32.8 Å². The predicted molar refractivity (Wildman–Crippen MR) is 294 cm³/mol. The van der Waals surface area contributed by atoms with Gasteiger partial charge in [0.1, 0.15) is 11.8 Å². The molecule has 0 unspecified atom stereocenters. The van der Waals surface area contributed by atoms with Crippen molar-refractivity contribution in [3.8, 4) is 0 Å². The highest BCUT2D eigenvalue weighted by molar-refractivity contribution is 5.98. The van der Waals surface area contributed by atoms with Crippen LogP contribution >= 0.6 is 0 Å². The molecule has 0 spiro atoms. The van der Waals surface area contributed by atoms with Crippen molar-refractivity contribution in [2.45, 2.75) is 168 Å². The number of nitrogens with zero attached hydrogens (tertiary/aromatic N) is 3. The second kappa shape index (κ2) is 39.3. The lowest BCUT2D eigenvalue weighted by Crippen LogP contribution is -2.49. The van der Waals surface area contributed by atoms with Crippen LogP contribution in [0.2, 0.25) is 0 Å². The topological polar surface area (TPSA) is 516 Å². The van der Waals surface area contributed by atoms with E-state index < -0.39 is 151 Å². The van der Waals surface area contributed by atoms with Crippen LogP contribution in [0, 0.1) is 35.5 Å². The molecule has 0 aromatic carbocycles. The van der Waals surface area contributed by atoms with E-state index in [1.165, 1.54) is 13.8 Å². The second-order valence-electron chi connectivity index (χ2n) is 20.1. The summed E-state index contributed by atoms with van der Waals surface area (Å²) in [5.74, 6) is -14.5. The first-order valence-electron chi connectivity index (χ1n) is 26.8. The Morgan fingerprint density at radius 2 is 0.886 bits per heavy atom. The van der Waals surface area contributed by atoms with E-state index in [2.05, 4.69) is 36.2 Å². The molecule has 0 bridgehead atoms. The van der Waals surface area contributed by atoms with Crippen LogP contribution in [0.5, 0.6) is 0 Å². The number of nitrogens with one attached hydrogen (secondary N) is 4. The molecule has 448 valence electrons. The first-order chi connectivity index (χ1) is 37.1. The number of hydrogen-bond acceptors (Lipinski definition) is 16. The first kappa shape index (κ1) is 71.9. The van der Waals surface area contributed by atoms with Gasteiger partial charge in [0.2, 0.25) is 23.6 Å². The second-order valence-corrected chi connectivity index (χ2v) is 20.1. The first-order valence-corrected chi connectivity index (χ1v) is 26.8. The summed E-state index contributed by atoms with van der Waals surface area (Å²) in [6.45, 7) is 7.42. The van der Waals surface area contributed by atoms with Crippen molar-refractivity contribution in [2.24, 2.45) is 90.6 Å². The molecular formula is C51H90N14O14. The zero-order valence-corrected chi connectivity index (χ0v) is 46.5. The Kier molecular flexibility index (Phi) is 35.8. The zero-order chi connectivity index (χ0) is 60.4. The van der Waals surface area contributed by atoms with E-state index in [-0.39, 0.29) is 101 Å². The highest BCUT2D eigenvalue weighted by Gasteiger charge is 2.35. The normalized spacial score (nSPS) is 14.8. The van der Waals surface area contributed by atoms with Gasteiger partial charge in [-0.05, 0) is 77.2 Å². The summed E-state index contributed by atoms with van der Waals surface area (Å²) in [5.41, 5.74) is 38.5. The number of aliphatic hydroxyl groups is 1. The fourth-order valence-electron chi connectivity index (χ4n) is 8.42. The van der Waals surface area contributed by atoms with Gasteiger partial charge in [-0.15, -0.1) is 0 Å². The molecular weight excluding hydrogens is 1030 g/mol. The molecule has 0 aliphatic rings. The van der Waals surface area contributed by atoms with E-state index in [9.17, 15) is 68.1 Å². The SMILES string of the molecule is CC[C@H](C)[C@H](CC(=O)[C@H](CC(=O)O)NC(=O)[C@H](C)CC(=O)[C@H](CO)NC(=O)[C@H](CCCN=C(N)N)CC(=O)[C@H](CCCN=C(N)N)NC(=O)[C@H](CCCCN)CC(=O)[C@H](CCC(=O)O)NC(=O)[C@@H](C)CCCN=C(N)N)C(C)=O. The summed E-state index contributed by atoms with van der Waals surface area (Å²) in [6.07, 6.45) is -1.17. The van der Waals surface area contributed by atoms with Crippen LogP contribution in [-0.2, 0) is 52.7 Å². The number of nitrogens with two attached hydrogens (primary N) is 7.